The van der Waals surface area contributed by atoms with Gasteiger partial charge in [-0.05, 0) is 24.7 Å². The molecular formula is C12H23NO2S. The summed E-state index contributed by atoms with van der Waals surface area (Å²) in [6, 6.07) is 0.212. The predicted molar refractivity (Wildman–Crippen MR) is 66.3 cm³/mol. The second-order valence-corrected chi connectivity index (χ2v) is 8.08. The molecule has 16 heavy (non-hydrogen) atoms. The van der Waals surface area contributed by atoms with E-state index < -0.39 is 9.84 Å². The van der Waals surface area contributed by atoms with Gasteiger partial charge in [0.05, 0.1) is 11.5 Å². The van der Waals surface area contributed by atoms with Crippen LogP contribution in [0, 0.1) is 5.41 Å². The minimum Gasteiger partial charge on any atom is -0.312 e. The molecule has 1 atom stereocenters. The minimum atomic E-state index is -2.73. The lowest BCUT2D eigenvalue weighted by Gasteiger charge is -2.34. The van der Waals surface area contributed by atoms with Crippen LogP contribution in [-0.2, 0) is 9.84 Å². The summed E-state index contributed by atoms with van der Waals surface area (Å²) in [7, 11) is -2.73. The van der Waals surface area contributed by atoms with Gasteiger partial charge in [-0.1, -0.05) is 26.2 Å². The second kappa shape index (κ2) is 4.65. The van der Waals surface area contributed by atoms with Crippen molar-refractivity contribution in [3.63, 3.8) is 0 Å². The summed E-state index contributed by atoms with van der Waals surface area (Å²) in [4.78, 5) is 0. The van der Waals surface area contributed by atoms with Crippen LogP contribution in [0.15, 0.2) is 0 Å². The van der Waals surface area contributed by atoms with Crippen molar-refractivity contribution in [2.45, 2.75) is 51.5 Å². The Morgan fingerprint density at radius 3 is 2.50 bits per heavy atom. The Morgan fingerprint density at radius 2 is 1.94 bits per heavy atom. The zero-order valence-electron chi connectivity index (χ0n) is 10.2. The van der Waals surface area contributed by atoms with Gasteiger partial charge in [-0.3, -0.25) is 0 Å². The molecule has 0 aromatic heterocycles. The Hall–Kier alpha value is -0.0900. The first-order chi connectivity index (χ1) is 7.49. The van der Waals surface area contributed by atoms with E-state index in [2.05, 4.69) is 12.2 Å². The fourth-order valence-electron chi connectivity index (χ4n) is 2.93. The van der Waals surface area contributed by atoms with Crippen LogP contribution < -0.4 is 5.32 Å². The third-order valence-electron chi connectivity index (χ3n) is 4.11. The van der Waals surface area contributed by atoms with E-state index in [0.29, 0.717) is 16.9 Å². The van der Waals surface area contributed by atoms with E-state index in [1.54, 1.807) is 0 Å². The number of sulfone groups is 1. The molecule has 0 aromatic rings. The van der Waals surface area contributed by atoms with Crippen molar-refractivity contribution < 1.29 is 8.42 Å². The van der Waals surface area contributed by atoms with Crippen molar-refractivity contribution >= 4 is 9.84 Å². The highest BCUT2D eigenvalue weighted by Crippen LogP contribution is 2.35. The van der Waals surface area contributed by atoms with Crippen molar-refractivity contribution in [3.05, 3.63) is 0 Å². The minimum absolute atomic E-state index is 0.212. The third-order valence-corrected chi connectivity index (χ3v) is 5.88. The molecule has 1 unspecified atom stereocenters. The van der Waals surface area contributed by atoms with Crippen molar-refractivity contribution in [2.24, 2.45) is 5.41 Å². The van der Waals surface area contributed by atoms with Crippen LogP contribution >= 0.6 is 0 Å². The molecule has 3 nitrogen and oxygen atoms in total. The second-order valence-electron chi connectivity index (χ2n) is 5.85. The van der Waals surface area contributed by atoms with Gasteiger partial charge in [0.2, 0.25) is 0 Å². The summed E-state index contributed by atoms with van der Waals surface area (Å²) in [5, 5.41) is 3.47. The van der Waals surface area contributed by atoms with Crippen LogP contribution in [0.5, 0.6) is 0 Å². The van der Waals surface area contributed by atoms with Gasteiger partial charge < -0.3 is 5.32 Å². The van der Waals surface area contributed by atoms with Crippen LogP contribution in [0.4, 0.5) is 0 Å². The molecule has 0 aromatic carbocycles. The third kappa shape index (κ3) is 3.20. The van der Waals surface area contributed by atoms with Crippen LogP contribution in [0.25, 0.3) is 0 Å². The molecule has 2 fully saturated rings. The first kappa shape index (κ1) is 12.4. The van der Waals surface area contributed by atoms with Gasteiger partial charge >= 0.3 is 0 Å². The maximum atomic E-state index is 11.3. The predicted octanol–water partition coefficient (Wildman–Crippen LogP) is 1.73. The number of nitrogens with one attached hydrogen (secondary N) is 1. The molecule has 94 valence electrons. The molecule has 0 amide bonds. The van der Waals surface area contributed by atoms with Crippen LogP contribution in [0.1, 0.15) is 45.4 Å². The van der Waals surface area contributed by atoms with E-state index in [1.165, 1.54) is 32.1 Å². The summed E-state index contributed by atoms with van der Waals surface area (Å²) in [5.41, 5.74) is 0.407. The summed E-state index contributed by atoms with van der Waals surface area (Å²) in [6.45, 7) is 3.33. The SMILES string of the molecule is CC1(CNC2CCS(=O)(=O)C2)CCCCC1. The van der Waals surface area contributed by atoms with Crippen molar-refractivity contribution in [2.75, 3.05) is 18.1 Å². The maximum Gasteiger partial charge on any atom is 0.151 e. The van der Waals surface area contributed by atoms with E-state index >= 15 is 0 Å². The van der Waals surface area contributed by atoms with E-state index in [0.717, 1.165) is 13.0 Å². The lowest BCUT2D eigenvalue weighted by atomic mass is 9.75. The van der Waals surface area contributed by atoms with E-state index in [4.69, 9.17) is 0 Å². The first-order valence-corrected chi connectivity index (χ1v) is 8.25. The Balaban J connectivity index is 1.79. The molecule has 0 bridgehead atoms. The molecular weight excluding hydrogens is 222 g/mol. The number of hydrogen-bond donors (Lipinski definition) is 1. The fraction of sp³-hybridized carbons (Fsp3) is 1.00. The summed E-state index contributed by atoms with van der Waals surface area (Å²) in [5.74, 6) is 0.727. The smallest absolute Gasteiger partial charge is 0.151 e. The molecule has 0 spiro atoms. The summed E-state index contributed by atoms with van der Waals surface area (Å²) >= 11 is 0. The average molecular weight is 245 g/mol. The van der Waals surface area contributed by atoms with Gasteiger partial charge in [-0.2, -0.15) is 0 Å². The lowest BCUT2D eigenvalue weighted by Crippen LogP contribution is -2.39. The molecule has 1 aliphatic heterocycles. The van der Waals surface area contributed by atoms with Crippen molar-refractivity contribution in [1.29, 1.82) is 0 Å². The van der Waals surface area contributed by atoms with E-state index in [1.807, 2.05) is 0 Å². The Bertz CT molecular complexity index is 331. The van der Waals surface area contributed by atoms with Gasteiger partial charge in [-0.25, -0.2) is 8.42 Å². The monoisotopic (exact) mass is 245 g/mol. The van der Waals surface area contributed by atoms with Gasteiger partial charge in [0.15, 0.2) is 9.84 Å². The zero-order valence-corrected chi connectivity index (χ0v) is 11.0. The van der Waals surface area contributed by atoms with Crippen molar-refractivity contribution in [3.8, 4) is 0 Å². The van der Waals surface area contributed by atoms with Crippen molar-refractivity contribution in [1.82, 2.24) is 5.32 Å². The molecule has 2 rings (SSSR count). The standard InChI is InChI=1S/C12H23NO2S/c1-12(6-3-2-4-7-12)10-13-11-5-8-16(14,15)9-11/h11,13H,2-10H2,1H3. The highest BCUT2D eigenvalue weighted by molar-refractivity contribution is 7.91. The molecule has 0 radical (unpaired) electrons. The molecule has 2 aliphatic rings. The fourth-order valence-corrected chi connectivity index (χ4v) is 4.64. The quantitative estimate of drug-likeness (QED) is 0.823. The molecule has 1 saturated carbocycles. The number of hydrogen-bond acceptors (Lipinski definition) is 3. The van der Waals surface area contributed by atoms with Crippen LogP contribution in [0.3, 0.4) is 0 Å². The topological polar surface area (TPSA) is 46.2 Å². The van der Waals surface area contributed by atoms with E-state index in [-0.39, 0.29) is 6.04 Å². The van der Waals surface area contributed by atoms with Gasteiger partial charge in [0.25, 0.3) is 0 Å². The van der Waals surface area contributed by atoms with Crippen LogP contribution in [0.2, 0.25) is 0 Å². The number of rotatable bonds is 3. The van der Waals surface area contributed by atoms with Gasteiger partial charge in [-0.15, -0.1) is 0 Å². The Morgan fingerprint density at radius 1 is 1.25 bits per heavy atom. The highest BCUT2D eigenvalue weighted by Gasteiger charge is 2.31. The normalized spacial score (nSPS) is 32.7. The van der Waals surface area contributed by atoms with Gasteiger partial charge in [0.1, 0.15) is 0 Å². The average Bonchev–Trinajstić information content (AvgIpc) is 2.57. The maximum absolute atomic E-state index is 11.3. The summed E-state index contributed by atoms with van der Waals surface area (Å²) in [6.07, 6.45) is 7.42. The zero-order chi connectivity index (χ0) is 11.6. The molecule has 1 aliphatic carbocycles. The highest BCUT2D eigenvalue weighted by atomic mass is 32.2. The largest absolute Gasteiger partial charge is 0.312 e. The Labute approximate surface area is 98.9 Å². The lowest BCUT2D eigenvalue weighted by molar-refractivity contribution is 0.202. The van der Waals surface area contributed by atoms with E-state index in [9.17, 15) is 8.42 Å². The first-order valence-electron chi connectivity index (χ1n) is 6.43. The Kier molecular flexibility index (Phi) is 3.59. The molecule has 1 saturated heterocycles. The summed E-state index contributed by atoms with van der Waals surface area (Å²) < 4.78 is 22.7. The van der Waals surface area contributed by atoms with Gasteiger partial charge in [0, 0.05) is 12.6 Å². The molecule has 1 N–H and O–H groups in total. The van der Waals surface area contributed by atoms with Crippen LogP contribution in [-0.4, -0.2) is 32.5 Å². The molecule has 1 heterocycles. The molecule has 4 heteroatoms.